The number of rotatable bonds is 5. The monoisotopic (exact) mass is 383 g/mol. The minimum absolute atomic E-state index is 0.128. The number of aryl methyl sites for hydroxylation is 2. The van der Waals surface area contributed by atoms with Crippen molar-refractivity contribution in [2.75, 3.05) is 0 Å². The van der Waals surface area contributed by atoms with Crippen molar-refractivity contribution < 1.29 is 17.9 Å². The number of esters is 1. The Hall–Kier alpha value is -2.86. The van der Waals surface area contributed by atoms with Crippen LogP contribution in [-0.2, 0) is 26.2 Å². The number of carbonyl (C=O) groups excluding carboxylic acids is 1. The zero-order chi connectivity index (χ0) is 19.6. The van der Waals surface area contributed by atoms with Gasteiger partial charge in [0.1, 0.15) is 6.61 Å². The summed E-state index contributed by atoms with van der Waals surface area (Å²) in [5.41, 5.74) is 4.07. The average Bonchev–Trinajstić information content (AvgIpc) is 3.05. The summed E-state index contributed by atoms with van der Waals surface area (Å²) in [6, 6.07) is 16.1. The minimum Gasteiger partial charge on any atom is -0.459 e. The van der Waals surface area contributed by atoms with Crippen molar-refractivity contribution in [2.45, 2.75) is 32.3 Å². The number of carbonyl (C=O) groups is 1. The Kier molecular flexibility index (Phi) is 5.19. The van der Waals surface area contributed by atoms with Crippen molar-refractivity contribution in [1.29, 1.82) is 0 Å². The topological polar surface area (TPSA) is 65.4 Å². The van der Waals surface area contributed by atoms with Crippen LogP contribution >= 0.6 is 0 Å². The summed E-state index contributed by atoms with van der Waals surface area (Å²) in [5, 5.41) is 0. The highest BCUT2D eigenvalue weighted by molar-refractivity contribution is 7.90. The molecular formula is C21H21NO4S. The van der Waals surface area contributed by atoms with Crippen LogP contribution in [0.1, 0.15) is 23.7 Å². The van der Waals surface area contributed by atoms with E-state index < -0.39 is 16.0 Å². The molecule has 140 valence electrons. The fraction of sp³-hybridized carbons (Fsp3) is 0.190. The summed E-state index contributed by atoms with van der Waals surface area (Å²) in [7, 11) is -3.80. The molecule has 0 spiro atoms. The SMILES string of the molecule is CC(=O)OCc1c(-c2ccc(C)cc2)ccn1S(=O)(=O)c1ccc(C)cc1. The van der Waals surface area contributed by atoms with Crippen LogP contribution in [0, 0.1) is 13.8 Å². The Balaban J connectivity index is 2.13. The van der Waals surface area contributed by atoms with Gasteiger partial charge in [-0.05, 0) is 37.6 Å². The lowest BCUT2D eigenvalue weighted by Gasteiger charge is -2.13. The molecule has 3 aromatic rings. The molecule has 6 heteroatoms. The zero-order valence-electron chi connectivity index (χ0n) is 15.5. The van der Waals surface area contributed by atoms with E-state index in [1.54, 1.807) is 30.3 Å². The van der Waals surface area contributed by atoms with Gasteiger partial charge in [-0.2, -0.15) is 0 Å². The van der Waals surface area contributed by atoms with Crippen molar-refractivity contribution in [1.82, 2.24) is 3.97 Å². The number of ether oxygens (including phenoxy) is 1. The summed E-state index contributed by atoms with van der Waals surface area (Å²) >= 11 is 0. The zero-order valence-corrected chi connectivity index (χ0v) is 16.3. The fourth-order valence-corrected chi connectivity index (χ4v) is 4.17. The van der Waals surface area contributed by atoms with Crippen molar-refractivity contribution in [3.63, 3.8) is 0 Å². The lowest BCUT2D eigenvalue weighted by atomic mass is 10.0. The van der Waals surface area contributed by atoms with Crippen LogP contribution in [-0.4, -0.2) is 18.4 Å². The molecule has 0 saturated carbocycles. The number of benzene rings is 2. The molecule has 0 fully saturated rings. The first-order valence-electron chi connectivity index (χ1n) is 8.52. The summed E-state index contributed by atoms with van der Waals surface area (Å²) in [6.07, 6.45) is 1.50. The maximum absolute atomic E-state index is 13.1. The Morgan fingerprint density at radius 1 is 0.926 bits per heavy atom. The molecule has 1 aromatic heterocycles. The molecule has 1 heterocycles. The van der Waals surface area contributed by atoms with Gasteiger partial charge in [0.25, 0.3) is 10.0 Å². The van der Waals surface area contributed by atoms with Crippen molar-refractivity contribution in [3.05, 3.63) is 77.6 Å². The first-order chi connectivity index (χ1) is 12.8. The third-order valence-electron chi connectivity index (χ3n) is 4.31. The van der Waals surface area contributed by atoms with Gasteiger partial charge in [-0.15, -0.1) is 0 Å². The predicted octanol–water partition coefficient (Wildman–Crippen LogP) is 4.07. The molecule has 0 unspecified atom stereocenters. The van der Waals surface area contributed by atoms with E-state index >= 15 is 0 Å². The molecule has 0 N–H and O–H groups in total. The fourth-order valence-electron chi connectivity index (χ4n) is 2.80. The van der Waals surface area contributed by atoms with Crippen LogP contribution < -0.4 is 0 Å². The van der Waals surface area contributed by atoms with Crippen molar-refractivity contribution in [3.8, 4) is 11.1 Å². The first kappa shape index (κ1) is 18.9. The van der Waals surface area contributed by atoms with Crippen molar-refractivity contribution >= 4 is 16.0 Å². The van der Waals surface area contributed by atoms with Gasteiger partial charge < -0.3 is 4.74 Å². The third kappa shape index (κ3) is 3.95. The van der Waals surface area contributed by atoms with Gasteiger partial charge in [0, 0.05) is 18.7 Å². The number of hydrogen-bond donors (Lipinski definition) is 0. The molecule has 0 aliphatic carbocycles. The molecule has 27 heavy (non-hydrogen) atoms. The normalized spacial score (nSPS) is 11.4. The van der Waals surface area contributed by atoms with Gasteiger partial charge in [-0.3, -0.25) is 4.79 Å². The highest BCUT2D eigenvalue weighted by Gasteiger charge is 2.23. The maximum atomic E-state index is 13.1. The molecule has 0 aliphatic rings. The molecule has 0 amide bonds. The van der Waals surface area contributed by atoms with Crippen LogP contribution in [0.4, 0.5) is 0 Å². The molecule has 5 nitrogen and oxygen atoms in total. The Labute approximate surface area is 159 Å². The highest BCUT2D eigenvalue weighted by atomic mass is 32.2. The second-order valence-electron chi connectivity index (χ2n) is 6.44. The lowest BCUT2D eigenvalue weighted by molar-refractivity contribution is -0.142. The number of aromatic nitrogens is 1. The molecule has 3 rings (SSSR count). The van der Waals surface area contributed by atoms with Crippen LogP contribution in [0.2, 0.25) is 0 Å². The number of nitrogens with zero attached hydrogens (tertiary/aromatic N) is 1. The quantitative estimate of drug-likeness (QED) is 0.623. The van der Waals surface area contributed by atoms with Gasteiger partial charge in [-0.1, -0.05) is 47.5 Å². The molecule has 0 atom stereocenters. The van der Waals surface area contributed by atoms with E-state index in [0.717, 1.165) is 16.7 Å². The van der Waals surface area contributed by atoms with Gasteiger partial charge in [-0.25, -0.2) is 12.4 Å². The molecule has 0 radical (unpaired) electrons. The second kappa shape index (κ2) is 7.40. The van der Waals surface area contributed by atoms with Gasteiger partial charge >= 0.3 is 5.97 Å². The maximum Gasteiger partial charge on any atom is 0.303 e. The van der Waals surface area contributed by atoms with E-state index in [9.17, 15) is 13.2 Å². The number of hydrogen-bond acceptors (Lipinski definition) is 4. The average molecular weight is 383 g/mol. The third-order valence-corrected chi connectivity index (χ3v) is 6.03. The van der Waals surface area contributed by atoms with E-state index in [-0.39, 0.29) is 11.5 Å². The molecule has 0 aliphatic heterocycles. The highest BCUT2D eigenvalue weighted by Crippen LogP contribution is 2.29. The molecule has 0 bridgehead atoms. The van der Waals surface area contributed by atoms with E-state index in [2.05, 4.69) is 0 Å². The smallest absolute Gasteiger partial charge is 0.303 e. The largest absolute Gasteiger partial charge is 0.459 e. The second-order valence-corrected chi connectivity index (χ2v) is 8.25. The van der Waals surface area contributed by atoms with Crippen LogP contribution in [0.3, 0.4) is 0 Å². The van der Waals surface area contributed by atoms with Crippen LogP contribution in [0.15, 0.2) is 65.7 Å². The van der Waals surface area contributed by atoms with E-state index in [1.807, 2.05) is 38.1 Å². The van der Waals surface area contributed by atoms with E-state index in [0.29, 0.717) is 11.3 Å². The van der Waals surface area contributed by atoms with E-state index in [1.165, 1.54) is 17.1 Å². The van der Waals surface area contributed by atoms with Crippen LogP contribution in [0.25, 0.3) is 11.1 Å². The first-order valence-corrected chi connectivity index (χ1v) is 9.96. The van der Waals surface area contributed by atoms with Gasteiger partial charge in [0.15, 0.2) is 0 Å². The Morgan fingerprint density at radius 2 is 1.48 bits per heavy atom. The Morgan fingerprint density at radius 3 is 2.04 bits per heavy atom. The van der Waals surface area contributed by atoms with Crippen LogP contribution in [0.5, 0.6) is 0 Å². The summed E-state index contributed by atoms with van der Waals surface area (Å²) in [6.45, 7) is 5.05. The molecule has 0 saturated heterocycles. The van der Waals surface area contributed by atoms with Gasteiger partial charge in [0.05, 0.1) is 10.6 Å². The predicted molar refractivity (Wildman–Crippen MR) is 104 cm³/mol. The van der Waals surface area contributed by atoms with E-state index in [4.69, 9.17) is 4.74 Å². The lowest BCUT2D eigenvalue weighted by Crippen LogP contribution is -2.16. The summed E-state index contributed by atoms with van der Waals surface area (Å²) in [4.78, 5) is 11.5. The van der Waals surface area contributed by atoms with Gasteiger partial charge in [0.2, 0.25) is 0 Å². The molecular weight excluding hydrogens is 362 g/mol. The Bertz CT molecular complexity index is 1060. The van der Waals surface area contributed by atoms with Crippen molar-refractivity contribution in [2.24, 2.45) is 0 Å². The standard InChI is InChI=1S/C21H21NO4S/c1-15-4-8-18(9-5-15)20-12-13-22(21(20)14-26-17(3)23)27(24,25)19-10-6-16(2)7-11-19/h4-13H,14H2,1-3H3. The summed E-state index contributed by atoms with van der Waals surface area (Å²) < 4.78 is 32.6. The molecule has 2 aromatic carbocycles. The summed E-state index contributed by atoms with van der Waals surface area (Å²) in [5.74, 6) is -0.467. The minimum atomic E-state index is -3.80.